The Morgan fingerprint density at radius 2 is 1.90 bits per heavy atom. The molecule has 0 spiro atoms. The third-order valence-electron chi connectivity index (χ3n) is 2.79. The summed E-state index contributed by atoms with van der Waals surface area (Å²) in [6.07, 6.45) is 1.44. The minimum Gasteiger partial charge on any atom is -0.462 e. The average molecular weight is 293 g/mol. The molecule has 2 aromatic rings. The molecule has 0 bridgehead atoms. The van der Waals surface area contributed by atoms with Crippen molar-refractivity contribution in [2.24, 2.45) is 0 Å². The third-order valence-corrected chi connectivity index (χ3v) is 2.79. The Bertz CT molecular complexity index is 705. The van der Waals surface area contributed by atoms with Crippen LogP contribution in [0.25, 0.3) is 0 Å². The maximum atomic E-state index is 13.1. The molecule has 6 heteroatoms. The van der Waals surface area contributed by atoms with E-state index in [1.54, 1.807) is 6.92 Å². The predicted octanol–water partition coefficient (Wildman–Crippen LogP) is 2.35. The number of ether oxygens (including phenoxy) is 1. The van der Waals surface area contributed by atoms with Gasteiger partial charge in [0.15, 0.2) is 0 Å². The quantitative estimate of drug-likeness (QED) is 0.813. The molecule has 110 valence electrons. The van der Waals surface area contributed by atoms with Gasteiger partial charge < -0.3 is 9.30 Å². The van der Waals surface area contributed by atoms with Gasteiger partial charge in [0.05, 0.1) is 13.2 Å². The highest BCUT2D eigenvalue weighted by molar-refractivity contribution is 5.88. The van der Waals surface area contributed by atoms with Gasteiger partial charge in [-0.05, 0) is 36.8 Å². The number of halogens is 2. The lowest BCUT2D eigenvalue weighted by molar-refractivity contribution is 0.0523. The summed E-state index contributed by atoms with van der Waals surface area (Å²) >= 11 is 0. The van der Waals surface area contributed by atoms with Crippen LogP contribution in [0.5, 0.6) is 0 Å². The summed E-state index contributed by atoms with van der Waals surface area (Å²) in [6.45, 7) is 1.75. The van der Waals surface area contributed by atoms with Crippen LogP contribution < -0.4 is 5.56 Å². The van der Waals surface area contributed by atoms with Gasteiger partial charge in [-0.25, -0.2) is 13.6 Å². The fourth-order valence-electron chi connectivity index (χ4n) is 1.92. The molecule has 21 heavy (non-hydrogen) atoms. The number of aromatic nitrogens is 1. The molecule has 0 amide bonds. The zero-order chi connectivity index (χ0) is 15.4. The van der Waals surface area contributed by atoms with Crippen molar-refractivity contribution in [3.05, 3.63) is 69.6 Å². The molecule has 1 aromatic carbocycles. The molecule has 0 saturated carbocycles. The van der Waals surface area contributed by atoms with Crippen LogP contribution in [0.3, 0.4) is 0 Å². The summed E-state index contributed by atoms with van der Waals surface area (Å²) in [7, 11) is 0. The van der Waals surface area contributed by atoms with Crippen molar-refractivity contribution in [1.29, 1.82) is 0 Å². The lowest BCUT2D eigenvalue weighted by Gasteiger charge is -2.08. The number of benzene rings is 1. The lowest BCUT2D eigenvalue weighted by atomic mass is 10.2. The van der Waals surface area contributed by atoms with E-state index >= 15 is 0 Å². The smallest absolute Gasteiger partial charge is 0.343 e. The van der Waals surface area contributed by atoms with E-state index in [2.05, 4.69) is 0 Å². The van der Waals surface area contributed by atoms with Crippen LogP contribution in [0.1, 0.15) is 22.8 Å². The van der Waals surface area contributed by atoms with Crippen molar-refractivity contribution < 1.29 is 18.3 Å². The summed E-state index contributed by atoms with van der Waals surface area (Å²) in [5.74, 6) is -2.17. The van der Waals surface area contributed by atoms with E-state index in [1.807, 2.05) is 0 Å². The van der Waals surface area contributed by atoms with Gasteiger partial charge in [-0.2, -0.15) is 0 Å². The Morgan fingerprint density at radius 3 is 2.52 bits per heavy atom. The van der Waals surface area contributed by atoms with E-state index in [-0.39, 0.29) is 24.3 Å². The second kappa shape index (κ2) is 6.30. The first-order chi connectivity index (χ1) is 10.0. The van der Waals surface area contributed by atoms with Gasteiger partial charge in [-0.1, -0.05) is 0 Å². The molecule has 0 radical (unpaired) electrons. The molecule has 2 rings (SSSR count). The zero-order valence-corrected chi connectivity index (χ0v) is 11.3. The van der Waals surface area contributed by atoms with Crippen LogP contribution in [0, 0.1) is 11.6 Å². The number of nitrogens with zero attached hydrogens (tertiary/aromatic N) is 1. The molecule has 0 aliphatic heterocycles. The number of rotatable bonds is 4. The lowest BCUT2D eigenvalue weighted by Crippen LogP contribution is -2.27. The first kappa shape index (κ1) is 14.9. The van der Waals surface area contributed by atoms with Crippen LogP contribution in [-0.2, 0) is 11.3 Å². The fourth-order valence-corrected chi connectivity index (χ4v) is 1.92. The zero-order valence-electron chi connectivity index (χ0n) is 11.3. The topological polar surface area (TPSA) is 48.3 Å². The molecule has 1 heterocycles. The molecule has 0 N–H and O–H groups in total. The van der Waals surface area contributed by atoms with E-state index in [4.69, 9.17) is 4.74 Å². The monoisotopic (exact) mass is 293 g/mol. The Labute approximate surface area is 119 Å². The number of esters is 1. The highest BCUT2D eigenvalue weighted by Crippen LogP contribution is 2.09. The molecule has 0 aliphatic rings. The Kier molecular flexibility index (Phi) is 4.47. The standard InChI is InChI=1S/C15H13F2NO3/c1-2-21-15(20)13-4-3-5-18(14(13)19)9-10-6-11(16)8-12(17)7-10/h3-8H,2,9H2,1H3. The molecular weight excluding hydrogens is 280 g/mol. The average Bonchev–Trinajstić information content (AvgIpc) is 2.40. The molecule has 4 nitrogen and oxygen atoms in total. The molecule has 0 saturated heterocycles. The van der Waals surface area contributed by atoms with Gasteiger partial charge in [-0.3, -0.25) is 4.79 Å². The number of carbonyl (C=O) groups is 1. The van der Waals surface area contributed by atoms with Crippen molar-refractivity contribution >= 4 is 5.97 Å². The normalized spacial score (nSPS) is 10.4. The van der Waals surface area contributed by atoms with Gasteiger partial charge in [0.2, 0.25) is 0 Å². The van der Waals surface area contributed by atoms with Gasteiger partial charge in [0.1, 0.15) is 17.2 Å². The first-order valence-corrected chi connectivity index (χ1v) is 6.33. The largest absolute Gasteiger partial charge is 0.462 e. The van der Waals surface area contributed by atoms with Crippen LogP contribution in [0.4, 0.5) is 8.78 Å². The number of hydrogen-bond donors (Lipinski definition) is 0. The minimum atomic E-state index is -0.723. The van der Waals surface area contributed by atoms with E-state index in [0.29, 0.717) is 0 Å². The maximum absolute atomic E-state index is 13.1. The number of pyridine rings is 1. The number of carbonyl (C=O) groups excluding carboxylic acids is 1. The second-order valence-electron chi connectivity index (χ2n) is 4.35. The van der Waals surface area contributed by atoms with Crippen molar-refractivity contribution in [3.8, 4) is 0 Å². The second-order valence-corrected chi connectivity index (χ2v) is 4.35. The summed E-state index contributed by atoms with van der Waals surface area (Å²) in [5.41, 5.74) is -0.396. The highest BCUT2D eigenvalue weighted by atomic mass is 19.1. The van der Waals surface area contributed by atoms with Crippen molar-refractivity contribution in [2.75, 3.05) is 6.61 Å². The van der Waals surface area contributed by atoms with Gasteiger partial charge in [-0.15, -0.1) is 0 Å². The van der Waals surface area contributed by atoms with E-state index in [9.17, 15) is 18.4 Å². The van der Waals surface area contributed by atoms with Crippen molar-refractivity contribution in [3.63, 3.8) is 0 Å². The summed E-state index contributed by atoms with van der Waals surface area (Å²) < 4.78 is 32.3. The van der Waals surface area contributed by atoms with E-state index in [0.717, 1.165) is 18.2 Å². The first-order valence-electron chi connectivity index (χ1n) is 6.33. The van der Waals surface area contributed by atoms with Crippen LogP contribution in [0.15, 0.2) is 41.3 Å². The Balaban J connectivity index is 2.35. The molecule has 0 atom stereocenters. The maximum Gasteiger partial charge on any atom is 0.343 e. The van der Waals surface area contributed by atoms with Crippen LogP contribution in [0.2, 0.25) is 0 Å². The molecule has 1 aromatic heterocycles. The van der Waals surface area contributed by atoms with Crippen molar-refractivity contribution in [1.82, 2.24) is 4.57 Å². The third kappa shape index (κ3) is 3.53. The van der Waals surface area contributed by atoms with Gasteiger partial charge in [0, 0.05) is 12.3 Å². The number of hydrogen-bond acceptors (Lipinski definition) is 3. The fraction of sp³-hybridized carbons (Fsp3) is 0.200. The highest BCUT2D eigenvalue weighted by Gasteiger charge is 2.13. The molecular formula is C15H13F2NO3. The van der Waals surface area contributed by atoms with Gasteiger partial charge in [0.25, 0.3) is 5.56 Å². The predicted molar refractivity (Wildman–Crippen MR) is 72.1 cm³/mol. The van der Waals surface area contributed by atoms with Crippen molar-refractivity contribution in [2.45, 2.75) is 13.5 Å². The molecule has 0 aliphatic carbocycles. The Morgan fingerprint density at radius 1 is 1.24 bits per heavy atom. The van der Waals surface area contributed by atoms with Crippen LogP contribution >= 0.6 is 0 Å². The summed E-state index contributed by atoms with van der Waals surface area (Å²) in [4.78, 5) is 23.8. The summed E-state index contributed by atoms with van der Waals surface area (Å²) in [6, 6.07) is 5.87. The Hall–Kier alpha value is -2.50. The van der Waals surface area contributed by atoms with Crippen LogP contribution in [-0.4, -0.2) is 17.1 Å². The van der Waals surface area contributed by atoms with Gasteiger partial charge >= 0.3 is 5.97 Å². The SMILES string of the molecule is CCOC(=O)c1cccn(Cc2cc(F)cc(F)c2)c1=O. The minimum absolute atomic E-state index is 0.0409. The van der Waals surface area contributed by atoms with E-state index in [1.165, 1.54) is 22.9 Å². The molecule has 0 unspecified atom stereocenters. The van der Waals surface area contributed by atoms with E-state index < -0.39 is 23.2 Å². The molecule has 0 fully saturated rings. The summed E-state index contributed by atoms with van der Waals surface area (Å²) in [5, 5.41) is 0.